The molecule has 0 amide bonds. The second-order valence-electron chi connectivity index (χ2n) is 7.06. The predicted octanol–water partition coefficient (Wildman–Crippen LogP) is 5.76. The van der Waals surface area contributed by atoms with Gasteiger partial charge in [-0.2, -0.15) is 4.98 Å². The van der Waals surface area contributed by atoms with Crippen molar-refractivity contribution in [2.24, 2.45) is 0 Å². The van der Waals surface area contributed by atoms with Crippen molar-refractivity contribution in [3.8, 4) is 17.2 Å². The minimum atomic E-state index is -3.98. The van der Waals surface area contributed by atoms with E-state index in [2.05, 4.69) is 10.3 Å². The van der Waals surface area contributed by atoms with Gasteiger partial charge in [0.05, 0.1) is 11.5 Å². The van der Waals surface area contributed by atoms with Crippen LogP contribution in [0, 0.1) is 12.7 Å². The van der Waals surface area contributed by atoms with Gasteiger partial charge in [-0.05, 0) is 74.5 Å². The molecule has 8 heteroatoms. The normalized spacial score (nSPS) is 11.3. The molecule has 1 heterocycles. The predicted molar refractivity (Wildman–Crippen MR) is 119 cm³/mol. The number of ether oxygens (including phenoxy) is 1. The van der Waals surface area contributed by atoms with Crippen molar-refractivity contribution in [3.05, 3.63) is 84.2 Å². The highest BCUT2D eigenvalue weighted by Gasteiger charge is 2.28. The molecule has 1 N–H and O–H groups in total. The zero-order valence-corrected chi connectivity index (χ0v) is 18.3. The SMILES string of the molecule is CCOc1ccc(-c2nc(S(=O)(=O)c3ccc(C)cc3)c(Nc3ccc(F)cc3)o2)cc1. The van der Waals surface area contributed by atoms with E-state index in [0.29, 0.717) is 23.6 Å². The van der Waals surface area contributed by atoms with Gasteiger partial charge in [0.1, 0.15) is 11.6 Å². The van der Waals surface area contributed by atoms with E-state index >= 15 is 0 Å². The Kier molecular flexibility index (Phi) is 5.96. The van der Waals surface area contributed by atoms with Crippen LogP contribution in [0.15, 0.2) is 87.1 Å². The molecule has 0 aliphatic heterocycles. The maximum Gasteiger partial charge on any atom is 0.238 e. The molecule has 4 rings (SSSR count). The van der Waals surface area contributed by atoms with Crippen LogP contribution in [0.3, 0.4) is 0 Å². The van der Waals surface area contributed by atoms with Gasteiger partial charge in [0.25, 0.3) is 0 Å². The number of aryl methyl sites for hydroxylation is 1. The number of benzene rings is 3. The smallest absolute Gasteiger partial charge is 0.238 e. The Morgan fingerprint density at radius 3 is 2.25 bits per heavy atom. The molecule has 164 valence electrons. The number of hydrogen-bond donors (Lipinski definition) is 1. The summed E-state index contributed by atoms with van der Waals surface area (Å²) >= 11 is 0. The molecular formula is C24H21FN2O4S. The lowest BCUT2D eigenvalue weighted by Crippen LogP contribution is -2.05. The van der Waals surface area contributed by atoms with Crippen LogP contribution in [-0.4, -0.2) is 20.0 Å². The van der Waals surface area contributed by atoms with Crippen molar-refractivity contribution in [3.63, 3.8) is 0 Å². The molecule has 0 aliphatic rings. The molecule has 32 heavy (non-hydrogen) atoms. The summed E-state index contributed by atoms with van der Waals surface area (Å²) < 4.78 is 51.3. The molecule has 0 saturated carbocycles. The van der Waals surface area contributed by atoms with E-state index in [4.69, 9.17) is 9.15 Å². The highest BCUT2D eigenvalue weighted by Crippen LogP contribution is 2.34. The first kappa shape index (κ1) is 21.6. The van der Waals surface area contributed by atoms with E-state index < -0.39 is 15.7 Å². The Balaban J connectivity index is 1.79. The number of aromatic nitrogens is 1. The fourth-order valence-electron chi connectivity index (χ4n) is 3.04. The van der Waals surface area contributed by atoms with Crippen molar-refractivity contribution in [1.29, 1.82) is 0 Å². The first-order valence-electron chi connectivity index (χ1n) is 9.95. The highest BCUT2D eigenvalue weighted by atomic mass is 32.2. The molecule has 0 spiro atoms. The third-order valence-electron chi connectivity index (χ3n) is 4.70. The number of anilines is 2. The van der Waals surface area contributed by atoms with Crippen LogP contribution >= 0.6 is 0 Å². The minimum Gasteiger partial charge on any atom is -0.494 e. The fourth-order valence-corrected chi connectivity index (χ4v) is 4.30. The summed E-state index contributed by atoms with van der Waals surface area (Å²) in [5, 5.41) is 2.65. The fraction of sp³-hybridized carbons (Fsp3) is 0.125. The van der Waals surface area contributed by atoms with Gasteiger partial charge in [0.15, 0.2) is 0 Å². The lowest BCUT2D eigenvalue weighted by Gasteiger charge is -2.06. The first-order valence-corrected chi connectivity index (χ1v) is 11.4. The van der Waals surface area contributed by atoms with Crippen molar-refractivity contribution in [1.82, 2.24) is 4.98 Å². The number of nitrogens with zero attached hydrogens (tertiary/aromatic N) is 1. The van der Waals surface area contributed by atoms with Crippen molar-refractivity contribution < 1.29 is 22.0 Å². The summed E-state index contributed by atoms with van der Waals surface area (Å²) in [6.07, 6.45) is 0. The van der Waals surface area contributed by atoms with Gasteiger partial charge in [0, 0.05) is 11.3 Å². The quantitative estimate of drug-likeness (QED) is 0.384. The van der Waals surface area contributed by atoms with Crippen LogP contribution in [0.4, 0.5) is 16.0 Å². The van der Waals surface area contributed by atoms with Gasteiger partial charge >= 0.3 is 0 Å². The highest BCUT2D eigenvalue weighted by molar-refractivity contribution is 7.91. The zero-order valence-electron chi connectivity index (χ0n) is 17.5. The number of oxazole rings is 1. The molecule has 0 fully saturated rings. The maximum atomic E-state index is 13.4. The van der Waals surface area contributed by atoms with Crippen molar-refractivity contribution in [2.45, 2.75) is 23.8 Å². The van der Waals surface area contributed by atoms with E-state index in [1.54, 1.807) is 36.4 Å². The standard InChI is InChI=1S/C24H21FN2O4S/c1-3-30-20-12-6-17(7-13-20)22-27-24(32(28,29)21-14-4-16(2)5-15-21)23(31-22)26-19-10-8-18(25)9-11-19/h4-15,26H,3H2,1-2H3. The number of hydrogen-bond acceptors (Lipinski definition) is 6. The average molecular weight is 453 g/mol. The Morgan fingerprint density at radius 1 is 0.969 bits per heavy atom. The van der Waals surface area contributed by atoms with E-state index in [0.717, 1.165) is 5.56 Å². The van der Waals surface area contributed by atoms with E-state index in [-0.39, 0.29) is 21.7 Å². The molecule has 6 nitrogen and oxygen atoms in total. The molecule has 1 aromatic heterocycles. The monoisotopic (exact) mass is 452 g/mol. The Hall–Kier alpha value is -3.65. The largest absolute Gasteiger partial charge is 0.494 e. The second kappa shape index (κ2) is 8.84. The maximum absolute atomic E-state index is 13.4. The summed E-state index contributed by atoms with van der Waals surface area (Å²) in [5.41, 5.74) is 1.98. The van der Waals surface area contributed by atoms with Crippen molar-refractivity contribution in [2.75, 3.05) is 11.9 Å². The molecular weight excluding hydrogens is 431 g/mol. The lowest BCUT2D eigenvalue weighted by atomic mass is 10.2. The second-order valence-corrected chi connectivity index (χ2v) is 8.92. The Labute approximate surface area is 185 Å². The van der Waals surface area contributed by atoms with Gasteiger partial charge in [-0.15, -0.1) is 0 Å². The number of rotatable bonds is 7. The summed E-state index contributed by atoms with van der Waals surface area (Å²) in [5.74, 6) is 0.347. The molecule has 0 saturated heterocycles. The molecule has 0 unspecified atom stereocenters. The number of halogens is 1. The average Bonchev–Trinajstić information content (AvgIpc) is 3.21. The zero-order chi connectivity index (χ0) is 22.7. The third kappa shape index (κ3) is 4.50. The summed E-state index contributed by atoms with van der Waals surface area (Å²) in [4.78, 5) is 4.40. The lowest BCUT2D eigenvalue weighted by molar-refractivity contribution is 0.340. The van der Waals surface area contributed by atoms with Gasteiger partial charge in [-0.3, -0.25) is 0 Å². The minimum absolute atomic E-state index is 0.0546. The van der Waals surface area contributed by atoms with Crippen LogP contribution in [-0.2, 0) is 9.84 Å². The summed E-state index contributed by atoms with van der Waals surface area (Å²) in [6.45, 7) is 4.29. The Bertz CT molecular complexity index is 1310. The van der Waals surface area contributed by atoms with Crippen LogP contribution in [0.2, 0.25) is 0 Å². The summed E-state index contributed by atoms with van der Waals surface area (Å²) in [6, 6.07) is 19.0. The molecule has 0 atom stereocenters. The molecule has 3 aromatic carbocycles. The topological polar surface area (TPSA) is 81.4 Å². The number of sulfone groups is 1. The van der Waals surface area contributed by atoms with Gasteiger partial charge in [-0.25, -0.2) is 12.8 Å². The van der Waals surface area contributed by atoms with Gasteiger partial charge in [0.2, 0.25) is 26.6 Å². The van der Waals surface area contributed by atoms with Gasteiger partial charge in [-0.1, -0.05) is 17.7 Å². The van der Waals surface area contributed by atoms with E-state index in [1.807, 2.05) is 13.8 Å². The molecule has 0 bridgehead atoms. The van der Waals surface area contributed by atoms with Crippen LogP contribution in [0.1, 0.15) is 12.5 Å². The van der Waals surface area contributed by atoms with Gasteiger partial charge < -0.3 is 14.5 Å². The number of nitrogens with one attached hydrogen (secondary N) is 1. The molecule has 0 radical (unpaired) electrons. The van der Waals surface area contributed by atoms with Crippen molar-refractivity contribution >= 4 is 21.4 Å². The molecule has 4 aromatic rings. The van der Waals surface area contributed by atoms with E-state index in [9.17, 15) is 12.8 Å². The van der Waals surface area contributed by atoms with Crippen LogP contribution < -0.4 is 10.1 Å². The third-order valence-corrected chi connectivity index (χ3v) is 6.37. The first-order chi connectivity index (χ1) is 15.4. The summed E-state index contributed by atoms with van der Waals surface area (Å²) in [7, 11) is -3.98. The van der Waals surface area contributed by atoms with Crippen LogP contribution in [0.25, 0.3) is 11.5 Å². The van der Waals surface area contributed by atoms with Crippen LogP contribution in [0.5, 0.6) is 5.75 Å². The van der Waals surface area contributed by atoms with E-state index in [1.165, 1.54) is 36.4 Å². The molecule has 0 aliphatic carbocycles. The Morgan fingerprint density at radius 2 is 1.62 bits per heavy atom.